The monoisotopic (exact) mass is 410 g/mol. The molecule has 29 heavy (non-hydrogen) atoms. The Hall–Kier alpha value is -2.86. The quantitative estimate of drug-likeness (QED) is 0.359. The molecule has 152 valence electrons. The van der Waals surface area contributed by atoms with Gasteiger partial charge in [0.1, 0.15) is 17.0 Å². The van der Waals surface area contributed by atoms with Gasteiger partial charge in [-0.15, -0.1) is 6.58 Å². The number of para-hydroxylation sites is 1. The highest BCUT2D eigenvalue weighted by atomic mass is 32.1. The molecular weight excluding hydrogens is 384 g/mol. The Kier molecular flexibility index (Phi) is 7.25. The highest BCUT2D eigenvalue weighted by molar-refractivity contribution is 7.16. The number of unbranched alkanes of at least 4 members (excludes halogenated alkanes) is 2. The third-order valence-electron chi connectivity index (χ3n) is 4.49. The van der Waals surface area contributed by atoms with Crippen molar-refractivity contribution < 1.29 is 14.3 Å². The van der Waals surface area contributed by atoms with E-state index in [1.165, 1.54) is 11.3 Å². The normalized spacial score (nSPS) is 11.6. The van der Waals surface area contributed by atoms with Gasteiger partial charge in [-0.05, 0) is 36.8 Å². The number of thiazole rings is 1. The summed E-state index contributed by atoms with van der Waals surface area (Å²) in [5.41, 5.74) is 1.42. The van der Waals surface area contributed by atoms with E-state index in [0.717, 1.165) is 35.2 Å². The average molecular weight is 411 g/mol. The summed E-state index contributed by atoms with van der Waals surface area (Å²) in [6.07, 6.45) is 5.06. The summed E-state index contributed by atoms with van der Waals surface area (Å²) in [5, 5.41) is 0. The second-order valence-corrected chi connectivity index (χ2v) is 7.60. The first-order valence-electron chi connectivity index (χ1n) is 9.77. The zero-order chi connectivity index (χ0) is 20.6. The maximum absolute atomic E-state index is 12.8. The molecule has 1 aromatic heterocycles. The highest BCUT2D eigenvalue weighted by Crippen LogP contribution is 2.27. The lowest BCUT2D eigenvalue weighted by Crippen LogP contribution is -2.16. The topological polar surface area (TPSA) is 52.8 Å². The summed E-state index contributed by atoms with van der Waals surface area (Å²) in [4.78, 5) is 17.9. The zero-order valence-corrected chi connectivity index (χ0v) is 17.7. The Morgan fingerprint density at radius 1 is 1.24 bits per heavy atom. The molecule has 0 unspecified atom stereocenters. The Bertz CT molecular complexity index is 1070. The van der Waals surface area contributed by atoms with Gasteiger partial charge in [-0.3, -0.25) is 4.79 Å². The van der Waals surface area contributed by atoms with Gasteiger partial charge in [0.15, 0.2) is 4.80 Å². The van der Waals surface area contributed by atoms with Crippen molar-refractivity contribution in [2.45, 2.75) is 32.7 Å². The van der Waals surface area contributed by atoms with Crippen LogP contribution in [-0.4, -0.2) is 24.2 Å². The van der Waals surface area contributed by atoms with Crippen LogP contribution in [0.4, 0.5) is 0 Å². The first kappa shape index (κ1) is 20.9. The molecule has 0 atom stereocenters. The number of methoxy groups -OCH3 is 1. The Morgan fingerprint density at radius 3 is 2.83 bits per heavy atom. The van der Waals surface area contributed by atoms with Crippen molar-refractivity contribution in [3.05, 3.63) is 65.5 Å². The number of hydrogen-bond donors (Lipinski definition) is 0. The molecule has 0 saturated heterocycles. The van der Waals surface area contributed by atoms with E-state index in [4.69, 9.17) is 9.47 Å². The van der Waals surface area contributed by atoms with Crippen molar-refractivity contribution in [2.24, 2.45) is 4.99 Å². The number of amides is 1. The summed E-state index contributed by atoms with van der Waals surface area (Å²) in [5.74, 6) is 1.14. The van der Waals surface area contributed by atoms with Gasteiger partial charge < -0.3 is 14.0 Å². The van der Waals surface area contributed by atoms with Crippen molar-refractivity contribution in [2.75, 3.05) is 13.7 Å². The molecule has 5 nitrogen and oxygen atoms in total. The predicted octanol–water partition coefficient (Wildman–Crippen LogP) is 5.21. The number of allylic oxidation sites excluding steroid dienone is 1. The minimum Gasteiger partial charge on any atom is -0.495 e. The maximum Gasteiger partial charge on any atom is 0.279 e. The van der Waals surface area contributed by atoms with Gasteiger partial charge >= 0.3 is 0 Å². The molecule has 0 aliphatic carbocycles. The zero-order valence-electron chi connectivity index (χ0n) is 16.9. The van der Waals surface area contributed by atoms with Crippen molar-refractivity contribution in [1.82, 2.24) is 4.57 Å². The summed E-state index contributed by atoms with van der Waals surface area (Å²) >= 11 is 1.46. The summed E-state index contributed by atoms with van der Waals surface area (Å²) in [6, 6.07) is 13.0. The Labute approximate surface area is 174 Å². The first-order chi connectivity index (χ1) is 14.2. The molecule has 0 fully saturated rings. The average Bonchev–Trinajstić information content (AvgIpc) is 3.09. The fourth-order valence-electron chi connectivity index (χ4n) is 3.06. The number of hydrogen-bond acceptors (Lipinski definition) is 4. The largest absolute Gasteiger partial charge is 0.495 e. The van der Waals surface area contributed by atoms with Gasteiger partial charge in [-0.25, -0.2) is 0 Å². The number of carbonyl (C=O) groups excluding carboxylic acids is 1. The van der Waals surface area contributed by atoms with Crippen LogP contribution < -0.4 is 14.3 Å². The van der Waals surface area contributed by atoms with Crippen LogP contribution in [0.25, 0.3) is 10.2 Å². The van der Waals surface area contributed by atoms with Crippen LogP contribution in [0.3, 0.4) is 0 Å². The summed E-state index contributed by atoms with van der Waals surface area (Å²) in [6.45, 7) is 7.17. The fraction of sp³-hybridized carbons (Fsp3) is 0.304. The second-order valence-electron chi connectivity index (χ2n) is 6.59. The van der Waals surface area contributed by atoms with Gasteiger partial charge in [-0.1, -0.05) is 49.3 Å². The number of ether oxygens (including phenoxy) is 2. The number of nitrogens with zero attached hydrogens (tertiary/aromatic N) is 2. The predicted molar refractivity (Wildman–Crippen MR) is 118 cm³/mol. The van der Waals surface area contributed by atoms with Crippen molar-refractivity contribution in [3.8, 4) is 11.5 Å². The number of aromatic nitrogens is 1. The van der Waals surface area contributed by atoms with E-state index in [9.17, 15) is 4.79 Å². The minimum absolute atomic E-state index is 0.299. The van der Waals surface area contributed by atoms with Gasteiger partial charge in [0.2, 0.25) is 0 Å². The maximum atomic E-state index is 12.8. The van der Waals surface area contributed by atoms with Gasteiger partial charge in [0.05, 0.1) is 18.4 Å². The SMILES string of the molecule is C=CCn1c(=NC(=O)c2cccc(OCCCCC)c2)sc2cccc(OC)c21. The van der Waals surface area contributed by atoms with E-state index in [1.807, 2.05) is 34.9 Å². The number of benzene rings is 2. The molecule has 6 heteroatoms. The molecule has 0 spiro atoms. The van der Waals surface area contributed by atoms with Gasteiger partial charge in [0.25, 0.3) is 5.91 Å². The molecule has 3 aromatic rings. The standard InChI is InChI=1S/C23H26N2O3S/c1-4-6-7-15-28-18-11-8-10-17(16-18)22(26)24-23-25(14-5-2)21-19(27-3)12-9-13-20(21)29-23/h5,8-13,16H,2,4,6-7,14-15H2,1,3H3. The molecular formula is C23H26N2O3S. The third-order valence-corrected chi connectivity index (χ3v) is 5.53. The molecule has 1 amide bonds. The van der Waals surface area contributed by atoms with Crippen LogP contribution >= 0.6 is 11.3 Å². The molecule has 0 bridgehead atoms. The van der Waals surface area contributed by atoms with Crippen molar-refractivity contribution in [1.29, 1.82) is 0 Å². The highest BCUT2D eigenvalue weighted by Gasteiger charge is 2.12. The molecule has 0 saturated carbocycles. The Morgan fingerprint density at radius 2 is 2.07 bits per heavy atom. The molecule has 0 radical (unpaired) electrons. The molecule has 0 N–H and O–H groups in total. The van der Waals surface area contributed by atoms with Crippen LogP contribution in [-0.2, 0) is 6.54 Å². The van der Waals surface area contributed by atoms with Crippen LogP contribution in [0.15, 0.2) is 60.1 Å². The first-order valence-corrected chi connectivity index (χ1v) is 10.6. The Balaban J connectivity index is 1.94. The van der Waals surface area contributed by atoms with E-state index in [-0.39, 0.29) is 5.91 Å². The van der Waals surface area contributed by atoms with Gasteiger partial charge in [0, 0.05) is 12.1 Å². The molecule has 1 heterocycles. The minimum atomic E-state index is -0.299. The summed E-state index contributed by atoms with van der Waals surface area (Å²) in [7, 11) is 1.64. The number of fused-ring (bicyclic) bond motifs is 1. The van der Waals surface area contributed by atoms with E-state index in [2.05, 4.69) is 18.5 Å². The van der Waals surface area contributed by atoms with E-state index in [1.54, 1.807) is 25.3 Å². The molecule has 0 aliphatic rings. The molecule has 3 rings (SSSR count). The molecule has 2 aromatic carbocycles. The smallest absolute Gasteiger partial charge is 0.279 e. The number of rotatable bonds is 9. The van der Waals surface area contributed by atoms with Gasteiger partial charge in [-0.2, -0.15) is 4.99 Å². The van der Waals surface area contributed by atoms with E-state index in [0.29, 0.717) is 29.3 Å². The fourth-order valence-corrected chi connectivity index (χ4v) is 4.11. The van der Waals surface area contributed by atoms with E-state index >= 15 is 0 Å². The van der Waals surface area contributed by atoms with Crippen LogP contribution in [0.1, 0.15) is 36.5 Å². The van der Waals surface area contributed by atoms with Crippen LogP contribution in [0, 0.1) is 0 Å². The lowest BCUT2D eigenvalue weighted by atomic mass is 10.2. The second kappa shape index (κ2) is 10.1. The lowest BCUT2D eigenvalue weighted by molar-refractivity contribution is 0.0997. The van der Waals surface area contributed by atoms with Crippen LogP contribution in [0.5, 0.6) is 11.5 Å². The lowest BCUT2D eigenvalue weighted by Gasteiger charge is -2.07. The van der Waals surface area contributed by atoms with E-state index < -0.39 is 0 Å². The summed E-state index contributed by atoms with van der Waals surface area (Å²) < 4.78 is 14.2. The van der Waals surface area contributed by atoms with Crippen molar-refractivity contribution >= 4 is 27.5 Å². The third kappa shape index (κ3) is 4.95. The van der Waals surface area contributed by atoms with Crippen LogP contribution in [0.2, 0.25) is 0 Å². The number of carbonyl (C=O) groups is 1. The molecule has 0 aliphatic heterocycles. The van der Waals surface area contributed by atoms with Crippen molar-refractivity contribution in [3.63, 3.8) is 0 Å².